The summed E-state index contributed by atoms with van der Waals surface area (Å²) in [5, 5.41) is 57.2. The molecular weight excluding hydrogens is 560 g/mol. The Morgan fingerprint density at radius 1 is 1.07 bits per heavy atom. The number of aromatic nitrogens is 1. The van der Waals surface area contributed by atoms with Crippen LogP contribution in [0.2, 0.25) is 0 Å². The topological polar surface area (TPSA) is 146 Å². The van der Waals surface area contributed by atoms with Crippen molar-refractivity contribution in [3.8, 4) is 23.0 Å². The van der Waals surface area contributed by atoms with E-state index in [1.807, 2.05) is 19.2 Å². The molecule has 3 aromatic rings. The van der Waals surface area contributed by atoms with E-state index in [2.05, 4.69) is 23.3 Å². The number of phenolic OH excluding ortho intramolecular Hbond substituents is 2. The Morgan fingerprint density at radius 3 is 2.59 bits per heavy atom. The minimum atomic E-state index is -0.629. The van der Waals surface area contributed by atoms with Crippen molar-refractivity contribution in [2.45, 2.75) is 89.1 Å². The zero-order chi connectivity index (χ0) is 31.4. The maximum atomic E-state index is 11.4. The van der Waals surface area contributed by atoms with Crippen molar-refractivity contribution in [3.63, 3.8) is 0 Å². The monoisotopic (exact) mass is 607 g/mol. The molecule has 6 atom stereocenters. The Bertz CT molecular complexity index is 1390. The van der Waals surface area contributed by atoms with E-state index in [0.717, 1.165) is 49.8 Å². The number of ether oxygens (including phenoxy) is 2. The number of methoxy groups -OCH3 is 1. The first-order valence-electron chi connectivity index (χ1n) is 15.8. The minimum Gasteiger partial charge on any atom is -0.670 e. The molecule has 1 saturated heterocycles. The molecule has 0 bridgehead atoms. The van der Waals surface area contributed by atoms with Crippen LogP contribution >= 0.6 is 0 Å². The summed E-state index contributed by atoms with van der Waals surface area (Å²) in [6.45, 7) is 2.71. The normalized spacial score (nSPS) is 24.2. The Hall–Kier alpha value is -3.24. The maximum Gasteiger partial charge on any atom is 0.201 e. The smallest absolute Gasteiger partial charge is 0.201 e. The number of fused-ring (bicyclic) bond motifs is 1. The van der Waals surface area contributed by atoms with Gasteiger partial charge in [0.15, 0.2) is 11.5 Å². The lowest BCUT2D eigenvalue weighted by atomic mass is 9.71. The van der Waals surface area contributed by atoms with Gasteiger partial charge < -0.3 is 45.3 Å². The first kappa shape index (κ1) is 32.2. The predicted octanol–water partition coefficient (Wildman–Crippen LogP) is 4.81. The van der Waals surface area contributed by atoms with Crippen molar-refractivity contribution in [2.24, 2.45) is 11.8 Å². The van der Waals surface area contributed by atoms with Crippen LogP contribution in [0, 0.1) is 11.8 Å². The highest BCUT2D eigenvalue weighted by Gasteiger charge is 2.44. The second kappa shape index (κ2) is 14.2. The van der Waals surface area contributed by atoms with Gasteiger partial charge in [-0.1, -0.05) is 30.7 Å². The fraction of sp³-hybridized carbons (Fsp3) is 0.543. The number of rotatable bonds is 12. The number of aryl methyl sites for hydroxylation is 1. The van der Waals surface area contributed by atoms with Gasteiger partial charge in [-0.25, -0.2) is 0 Å². The number of aromatic hydroxyl groups is 3. The lowest BCUT2D eigenvalue weighted by Crippen LogP contribution is -2.44. The molecule has 2 fully saturated rings. The standard InChI is InChI=1S/C35H47N2O7/c1-20(10-12-36-2)4-5-24-15-22(7-9-28(24)39)23-6-8-25-29(40)17-31(44-30(25)16-23)32-26(14-21-11-13-37-18-21)35(43-3)34(42)33(41)27(32)19-38/h7,9,11,13,15,18,20,23,25,29-31,36,38-42H,4-6,8,10,12,14,16-17,19H2,1-3H3/q-1. The van der Waals surface area contributed by atoms with Crippen LogP contribution in [0.4, 0.5) is 0 Å². The van der Waals surface area contributed by atoms with Gasteiger partial charge in [-0.3, -0.25) is 0 Å². The minimum absolute atomic E-state index is 0.0278. The van der Waals surface area contributed by atoms with Crippen LogP contribution in [-0.2, 0) is 24.2 Å². The molecule has 0 radical (unpaired) electrons. The van der Waals surface area contributed by atoms with Gasteiger partial charge in [0.1, 0.15) is 5.75 Å². The highest BCUT2D eigenvalue weighted by molar-refractivity contribution is 5.64. The SMILES string of the molecule is CNCCC(C)CCc1cc(C2CCC3C(O)CC(c4c(CO)c(O)c(O)c(OC)c4Cc4cc[n-]c4)OC3C2)ccc1O. The molecule has 1 aromatic heterocycles. The van der Waals surface area contributed by atoms with E-state index >= 15 is 0 Å². The van der Waals surface area contributed by atoms with Crippen molar-refractivity contribution in [3.05, 3.63) is 70.0 Å². The lowest BCUT2D eigenvalue weighted by molar-refractivity contribution is -0.154. The van der Waals surface area contributed by atoms with E-state index < -0.39 is 30.3 Å². The fourth-order valence-corrected chi connectivity index (χ4v) is 7.29. The van der Waals surface area contributed by atoms with E-state index in [-0.39, 0.29) is 29.3 Å². The van der Waals surface area contributed by atoms with Crippen LogP contribution < -0.4 is 15.0 Å². The first-order valence-corrected chi connectivity index (χ1v) is 15.8. The van der Waals surface area contributed by atoms with Gasteiger partial charge in [0.25, 0.3) is 0 Å². The van der Waals surface area contributed by atoms with E-state index in [1.54, 1.807) is 18.5 Å². The molecule has 6 N–H and O–H groups in total. The summed E-state index contributed by atoms with van der Waals surface area (Å²) >= 11 is 0. The molecule has 5 rings (SSSR count). The average molecular weight is 608 g/mol. The summed E-state index contributed by atoms with van der Waals surface area (Å²) in [5.74, 6) is 0.311. The van der Waals surface area contributed by atoms with Gasteiger partial charge in [0, 0.05) is 23.5 Å². The maximum absolute atomic E-state index is 11.4. The highest BCUT2D eigenvalue weighted by Crippen LogP contribution is 2.52. The van der Waals surface area contributed by atoms with Crippen LogP contribution in [0.3, 0.4) is 0 Å². The van der Waals surface area contributed by atoms with Crippen LogP contribution in [0.25, 0.3) is 0 Å². The molecule has 1 aliphatic carbocycles. The van der Waals surface area contributed by atoms with E-state index in [9.17, 15) is 25.5 Å². The average Bonchev–Trinajstić information content (AvgIpc) is 3.54. The lowest BCUT2D eigenvalue weighted by Gasteiger charge is -2.45. The Kier molecular flexibility index (Phi) is 10.4. The molecule has 9 nitrogen and oxygen atoms in total. The number of hydrogen-bond acceptors (Lipinski definition) is 8. The number of aliphatic hydroxyl groups excluding tert-OH is 2. The number of aliphatic hydroxyl groups is 2. The zero-order valence-electron chi connectivity index (χ0n) is 26.0. The van der Waals surface area contributed by atoms with Crippen molar-refractivity contribution in [1.82, 2.24) is 10.3 Å². The highest BCUT2D eigenvalue weighted by atomic mass is 16.5. The molecule has 2 heterocycles. The molecule has 0 spiro atoms. The van der Waals surface area contributed by atoms with Gasteiger partial charge in [0.2, 0.25) is 5.75 Å². The van der Waals surface area contributed by atoms with Crippen molar-refractivity contribution >= 4 is 0 Å². The number of phenols is 3. The second-order valence-electron chi connectivity index (χ2n) is 12.7. The van der Waals surface area contributed by atoms with Gasteiger partial charge in [-0.2, -0.15) is 12.4 Å². The van der Waals surface area contributed by atoms with Crippen molar-refractivity contribution < 1.29 is 35.0 Å². The van der Waals surface area contributed by atoms with E-state index in [0.29, 0.717) is 42.1 Å². The quantitative estimate of drug-likeness (QED) is 0.160. The summed E-state index contributed by atoms with van der Waals surface area (Å²) in [7, 11) is 3.39. The fourth-order valence-electron chi connectivity index (χ4n) is 7.29. The largest absolute Gasteiger partial charge is 0.670 e. The Morgan fingerprint density at radius 2 is 1.89 bits per heavy atom. The third kappa shape index (κ3) is 6.71. The number of nitrogens with zero attached hydrogens (tertiary/aromatic N) is 1. The molecule has 2 aliphatic rings. The summed E-state index contributed by atoms with van der Waals surface area (Å²) in [6.07, 6.45) is 7.89. The Balaban J connectivity index is 1.41. The molecule has 240 valence electrons. The number of nitrogens with one attached hydrogen (secondary N) is 1. The third-order valence-corrected chi connectivity index (χ3v) is 9.83. The van der Waals surface area contributed by atoms with E-state index in [1.165, 1.54) is 12.7 Å². The van der Waals surface area contributed by atoms with Gasteiger partial charge in [-0.05, 0) is 93.1 Å². The van der Waals surface area contributed by atoms with Gasteiger partial charge in [0.05, 0.1) is 32.0 Å². The number of benzene rings is 2. The zero-order valence-corrected chi connectivity index (χ0v) is 26.0. The van der Waals surface area contributed by atoms with Crippen LogP contribution in [0.1, 0.15) is 90.9 Å². The summed E-state index contributed by atoms with van der Waals surface area (Å²) in [5.41, 5.74) is 4.32. The molecule has 9 heteroatoms. The van der Waals surface area contributed by atoms with Crippen molar-refractivity contribution in [1.29, 1.82) is 0 Å². The predicted molar refractivity (Wildman–Crippen MR) is 167 cm³/mol. The van der Waals surface area contributed by atoms with Crippen LogP contribution in [-0.4, -0.2) is 58.4 Å². The molecule has 2 aromatic carbocycles. The second-order valence-corrected chi connectivity index (χ2v) is 12.7. The van der Waals surface area contributed by atoms with Gasteiger partial charge >= 0.3 is 0 Å². The molecule has 0 amide bonds. The van der Waals surface area contributed by atoms with Gasteiger partial charge in [-0.15, -0.1) is 0 Å². The summed E-state index contributed by atoms with van der Waals surface area (Å²) < 4.78 is 12.3. The molecule has 44 heavy (non-hydrogen) atoms. The first-order chi connectivity index (χ1) is 21.2. The van der Waals surface area contributed by atoms with Crippen LogP contribution in [0.15, 0.2) is 36.7 Å². The summed E-state index contributed by atoms with van der Waals surface area (Å²) in [4.78, 5) is 4.15. The third-order valence-electron chi connectivity index (χ3n) is 9.83. The summed E-state index contributed by atoms with van der Waals surface area (Å²) in [6, 6.07) is 7.81. The number of hydrogen-bond donors (Lipinski definition) is 6. The molecular formula is C35H47N2O7-. The molecule has 1 aliphatic heterocycles. The molecule has 6 unspecified atom stereocenters. The Labute approximate surface area is 259 Å². The van der Waals surface area contributed by atoms with Crippen LogP contribution in [0.5, 0.6) is 23.0 Å². The molecule has 1 saturated carbocycles. The van der Waals surface area contributed by atoms with E-state index in [4.69, 9.17) is 9.47 Å². The van der Waals surface area contributed by atoms with Crippen molar-refractivity contribution in [2.75, 3.05) is 20.7 Å².